The normalized spacial score (nSPS) is 12.6. The average Bonchev–Trinajstić information content (AvgIpc) is 4.04. The second-order valence-corrected chi connectivity index (χ2v) is 20.0. The molecule has 2 aromatic heterocycles. The Bertz CT molecular complexity index is 2390. The molecule has 0 bridgehead atoms. The zero-order chi connectivity index (χ0) is 39.3. The van der Waals surface area contributed by atoms with Crippen molar-refractivity contribution in [3.05, 3.63) is 153 Å². The van der Waals surface area contributed by atoms with Crippen molar-refractivity contribution in [2.75, 3.05) is 0 Å². The molecule has 2 aliphatic rings. The van der Waals surface area contributed by atoms with Gasteiger partial charge in [-0.3, -0.25) is 0 Å². The van der Waals surface area contributed by atoms with Crippen molar-refractivity contribution >= 4 is 71.3 Å². The van der Waals surface area contributed by atoms with Gasteiger partial charge in [0.05, 0.1) is 23.0 Å². The number of hydrogen-bond donors (Lipinski definition) is 0. The van der Waals surface area contributed by atoms with Crippen LogP contribution in [0.4, 0.5) is 0 Å². The molecule has 56 heavy (non-hydrogen) atoms. The monoisotopic (exact) mass is 908 g/mol. The molecule has 2 aliphatic carbocycles. The van der Waals surface area contributed by atoms with Gasteiger partial charge in [-0.05, 0) is 123 Å². The summed E-state index contributed by atoms with van der Waals surface area (Å²) in [6, 6.07) is 38.4. The fourth-order valence-corrected chi connectivity index (χ4v) is 8.46. The molecule has 2 nitrogen and oxygen atoms in total. The van der Waals surface area contributed by atoms with Crippen LogP contribution in [0.5, 0.6) is 0 Å². The van der Waals surface area contributed by atoms with Crippen LogP contribution in [-0.4, -0.2) is 9.52 Å². The molecule has 282 valence electrons. The van der Waals surface area contributed by atoms with Gasteiger partial charge in [-0.15, -0.1) is 57.9 Å². The van der Waals surface area contributed by atoms with Gasteiger partial charge in [0, 0.05) is 19.6 Å². The first-order chi connectivity index (χ1) is 27.2. The van der Waals surface area contributed by atoms with Crippen molar-refractivity contribution in [3.63, 3.8) is 0 Å². The van der Waals surface area contributed by atoms with Crippen LogP contribution in [0.15, 0.2) is 118 Å². The molecular weight excluding hydrogens is 870 g/mol. The van der Waals surface area contributed by atoms with Crippen LogP contribution in [-0.2, 0) is 46.5 Å². The van der Waals surface area contributed by atoms with Crippen molar-refractivity contribution in [2.24, 2.45) is 0 Å². The quantitative estimate of drug-likeness (QED) is 0.130. The number of halogens is 4. The molecule has 0 spiro atoms. The van der Waals surface area contributed by atoms with Gasteiger partial charge in [0.25, 0.3) is 0 Å². The van der Waals surface area contributed by atoms with E-state index in [1.165, 1.54) is 91.7 Å². The zero-order valence-electron chi connectivity index (χ0n) is 32.0. The predicted molar refractivity (Wildman–Crippen MR) is 238 cm³/mol. The van der Waals surface area contributed by atoms with Gasteiger partial charge >= 0.3 is 37.9 Å². The summed E-state index contributed by atoms with van der Waals surface area (Å²) in [6.07, 6.45) is 7.14. The molecule has 0 saturated heterocycles. The van der Waals surface area contributed by atoms with E-state index < -0.39 is 20.8 Å². The Hall–Kier alpha value is -3.08. The number of hydrogen-bond acceptors (Lipinski definition) is 2. The number of furan rings is 2. The van der Waals surface area contributed by atoms with Gasteiger partial charge in [-0.1, -0.05) is 93.9 Å². The van der Waals surface area contributed by atoms with E-state index in [1.807, 2.05) is 50.2 Å². The van der Waals surface area contributed by atoms with Crippen molar-refractivity contribution in [1.82, 2.24) is 0 Å². The van der Waals surface area contributed by atoms with Crippen LogP contribution < -0.4 is 0 Å². The third-order valence-corrected chi connectivity index (χ3v) is 11.0. The first kappa shape index (κ1) is 41.1. The summed E-state index contributed by atoms with van der Waals surface area (Å²) in [5.41, 5.74) is 13.5. The van der Waals surface area contributed by atoms with E-state index in [0.717, 1.165) is 66.6 Å². The number of fused-ring (bicyclic) bond motifs is 4. The summed E-state index contributed by atoms with van der Waals surface area (Å²) in [6.45, 7) is 8.28. The molecule has 2 radical (unpaired) electrons. The maximum absolute atomic E-state index is 6.11. The van der Waals surface area contributed by atoms with E-state index in [4.69, 9.17) is 49.1 Å². The standard InChI is InChI=1S/2C23H18ClO.C2H6Si.2ClH.Zr/c2*1-14-5-10-22(25-14)18-12-17-11-16-3-2-4-20(16)23(21(17)13-18)15-6-8-19(24)9-7-15;1-3-2;;;/h2*5-13H,2-4H2,1H3;1-2H3;2*1H;/q2*-1;;;;+4/p-2. The summed E-state index contributed by atoms with van der Waals surface area (Å²) in [7, 11) is 11.0. The van der Waals surface area contributed by atoms with Crippen molar-refractivity contribution in [2.45, 2.75) is 65.5 Å². The third-order valence-electron chi connectivity index (χ3n) is 10.5. The molecule has 8 aromatic rings. The van der Waals surface area contributed by atoms with Crippen LogP contribution in [0.3, 0.4) is 0 Å². The van der Waals surface area contributed by atoms with Gasteiger partial charge in [-0.2, -0.15) is 0 Å². The fourth-order valence-electron chi connectivity index (χ4n) is 8.20. The molecule has 0 amide bonds. The van der Waals surface area contributed by atoms with Gasteiger partial charge in [-0.25, -0.2) is 0 Å². The minimum absolute atomic E-state index is 0.779. The van der Waals surface area contributed by atoms with Crippen molar-refractivity contribution in [3.8, 4) is 44.9 Å². The molecule has 0 aliphatic heterocycles. The first-order valence-electron chi connectivity index (χ1n) is 18.9. The number of aryl methyl sites for hydroxylation is 4. The van der Waals surface area contributed by atoms with Gasteiger partial charge < -0.3 is 8.83 Å². The van der Waals surface area contributed by atoms with Crippen LogP contribution in [0.25, 0.3) is 66.4 Å². The average molecular weight is 912 g/mol. The van der Waals surface area contributed by atoms with Gasteiger partial charge in [0.15, 0.2) is 0 Å². The molecule has 0 saturated carbocycles. The summed E-state index contributed by atoms with van der Waals surface area (Å²) in [5, 5.41) is 6.78. The Kier molecular flexibility index (Phi) is 13.7. The van der Waals surface area contributed by atoms with Crippen LogP contribution in [0, 0.1) is 13.8 Å². The van der Waals surface area contributed by atoms with E-state index in [9.17, 15) is 0 Å². The fraction of sp³-hybridized carbons (Fsp3) is 0.208. The van der Waals surface area contributed by atoms with E-state index >= 15 is 0 Å². The van der Waals surface area contributed by atoms with Crippen LogP contribution in [0.2, 0.25) is 23.1 Å². The van der Waals surface area contributed by atoms with Crippen molar-refractivity contribution in [1.29, 1.82) is 0 Å². The van der Waals surface area contributed by atoms with Gasteiger partial charge in [0.1, 0.15) is 0 Å². The molecule has 0 fully saturated rings. The van der Waals surface area contributed by atoms with E-state index in [1.54, 1.807) is 0 Å². The molecule has 2 heterocycles. The maximum atomic E-state index is 6.11. The summed E-state index contributed by atoms with van der Waals surface area (Å²) < 4.78 is 11.7. The molecular formula is C48H42Cl4O2SiZr. The second-order valence-electron chi connectivity index (χ2n) is 14.4. The summed E-state index contributed by atoms with van der Waals surface area (Å²) in [4.78, 5) is 0. The predicted octanol–water partition coefficient (Wildman–Crippen LogP) is 16.0. The van der Waals surface area contributed by atoms with E-state index in [2.05, 4.69) is 85.9 Å². The van der Waals surface area contributed by atoms with E-state index in [0.29, 0.717) is 0 Å². The molecule has 10 rings (SSSR count). The van der Waals surface area contributed by atoms with Crippen molar-refractivity contribution < 1.29 is 29.7 Å². The Balaban J connectivity index is 0.000000151. The Morgan fingerprint density at radius 3 is 1.27 bits per heavy atom. The topological polar surface area (TPSA) is 26.3 Å². The zero-order valence-corrected chi connectivity index (χ0v) is 38.4. The molecule has 0 unspecified atom stereocenters. The van der Waals surface area contributed by atoms with Crippen LogP contribution >= 0.6 is 40.2 Å². The van der Waals surface area contributed by atoms with Crippen LogP contribution in [0.1, 0.15) is 46.6 Å². The number of rotatable bonds is 4. The first-order valence-corrected chi connectivity index (χ1v) is 28.0. The molecule has 8 heteroatoms. The molecule has 6 aromatic carbocycles. The third kappa shape index (κ3) is 8.97. The Morgan fingerprint density at radius 1 is 0.554 bits per heavy atom. The minimum atomic E-state index is -0.826. The Morgan fingerprint density at radius 2 is 0.929 bits per heavy atom. The molecule has 0 N–H and O–H groups in total. The van der Waals surface area contributed by atoms with Gasteiger partial charge in [0.2, 0.25) is 0 Å². The summed E-state index contributed by atoms with van der Waals surface area (Å²) >= 11 is 11.4. The Labute approximate surface area is 361 Å². The number of benzene rings is 4. The van der Waals surface area contributed by atoms with E-state index in [-0.39, 0.29) is 0 Å². The summed E-state index contributed by atoms with van der Waals surface area (Å²) in [5.74, 6) is 3.77. The second kappa shape index (κ2) is 18.7. The molecule has 0 atom stereocenters. The SMILES string of the molecule is C[Si]C.Cc1ccc(-c2cc3c(-c4ccc(Cl)cc4)c4c(cc3[cH-]2)CCC4)o1.Cc1ccc(-c2cc3c(-c4ccc(Cl)cc4)c4c(cc3[cH-]2)CCC4)o1.[Cl][Zr+2][Cl].